The van der Waals surface area contributed by atoms with Crippen molar-refractivity contribution in [2.45, 2.75) is 39.3 Å². The molecule has 0 aromatic heterocycles. The summed E-state index contributed by atoms with van der Waals surface area (Å²) in [4.78, 5) is 4.29. The maximum atomic E-state index is 5.62. The molecule has 1 aliphatic rings. The van der Waals surface area contributed by atoms with Crippen molar-refractivity contribution in [2.24, 2.45) is 16.6 Å². The number of nitrogens with zero attached hydrogens (tertiary/aromatic N) is 1. The van der Waals surface area contributed by atoms with Gasteiger partial charge < -0.3 is 11.1 Å². The van der Waals surface area contributed by atoms with E-state index in [9.17, 15) is 0 Å². The Morgan fingerprint density at radius 1 is 1.64 bits per heavy atom. The Bertz CT molecular complexity index is 163. The van der Waals surface area contributed by atoms with E-state index in [4.69, 9.17) is 5.73 Å². The molecule has 0 aromatic rings. The number of rotatable bonds is 2. The second kappa shape index (κ2) is 3.11. The summed E-state index contributed by atoms with van der Waals surface area (Å²) in [5, 5.41) is 3.06. The predicted molar refractivity (Wildman–Crippen MR) is 47.5 cm³/mol. The molecule has 0 heterocycles. The Balaban J connectivity index is 2.28. The molecule has 2 atom stereocenters. The molecular weight excluding hydrogens is 138 g/mol. The third kappa shape index (κ3) is 2.78. The van der Waals surface area contributed by atoms with Gasteiger partial charge >= 0.3 is 0 Å². The van der Waals surface area contributed by atoms with Gasteiger partial charge in [0.05, 0.1) is 6.04 Å². The van der Waals surface area contributed by atoms with Gasteiger partial charge in [0.2, 0.25) is 0 Å². The Morgan fingerprint density at radius 3 is 2.55 bits per heavy atom. The monoisotopic (exact) mass is 155 g/mol. The smallest absolute Gasteiger partial charge is 0.189 e. The molecule has 1 aliphatic carbocycles. The maximum Gasteiger partial charge on any atom is 0.189 e. The highest BCUT2D eigenvalue weighted by molar-refractivity contribution is 5.78. The standard InChI is InChI=1S/C8H17N3/c1-5(2)10-8(9)11-7-4-6(7)3/h5-7H,4H2,1-3H3,(H3,9,10,11). The largest absolute Gasteiger partial charge is 0.370 e. The second-order valence-electron chi connectivity index (χ2n) is 3.59. The lowest BCUT2D eigenvalue weighted by Crippen LogP contribution is -2.37. The summed E-state index contributed by atoms with van der Waals surface area (Å²) in [7, 11) is 0. The number of guanidine groups is 1. The fourth-order valence-electron chi connectivity index (χ4n) is 0.994. The molecule has 0 saturated heterocycles. The Kier molecular flexibility index (Phi) is 2.37. The molecule has 3 N–H and O–H groups in total. The van der Waals surface area contributed by atoms with Crippen molar-refractivity contribution in [3.8, 4) is 0 Å². The average Bonchev–Trinajstić information content (AvgIpc) is 2.43. The highest BCUT2D eigenvalue weighted by Gasteiger charge is 2.32. The van der Waals surface area contributed by atoms with Gasteiger partial charge in [-0.05, 0) is 26.2 Å². The highest BCUT2D eigenvalue weighted by Crippen LogP contribution is 2.32. The fourth-order valence-corrected chi connectivity index (χ4v) is 0.994. The second-order valence-corrected chi connectivity index (χ2v) is 3.59. The van der Waals surface area contributed by atoms with Crippen LogP contribution in [-0.4, -0.2) is 18.0 Å². The number of hydrogen-bond donors (Lipinski definition) is 2. The van der Waals surface area contributed by atoms with Crippen molar-refractivity contribution < 1.29 is 0 Å². The van der Waals surface area contributed by atoms with Gasteiger partial charge in [0.15, 0.2) is 5.96 Å². The molecule has 0 amide bonds. The van der Waals surface area contributed by atoms with Crippen molar-refractivity contribution in [2.75, 3.05) is 0 Å². The van der Waals surface area contributed by atoms with Crippen molar-refractivity contribution in [3.63, 3.8) is 0 Å². The van der Waals surface area contributed by atoms with Crippen molar-refractivity contribution in [1.29, 1.82) is 0 Å². The molecular formula is C8H17N3. The molecule has 0 spiro atoms. The summed E-state index contributed by atoms with van der Waals surface area (Å²) in [6.45, 7) is 6.30. The van der Waals surface area contributed by atoms with Crippen LogP contribution in [0.25, 0.3) is 0 Å². The number of aliphatic imine (C=N–C) groups is 1. The molecule has 2 unspecified atom stereocenters. The summed E-state index contributed by atoms with van der Waals surface area (Å²) in [6, 6.07) is 0.869. The molecule has 0 bridgehead atoms. The fraction of sp³-hybridized carbons (Fsp3) is 0.875. The molecule has 0 aliphatic heterocycles. The molecule has 64 valence electrons. The quantitative estimate of drug-likeness (QED) is 0.456. The molecule has 0 radical (unpaired) electrons. The van der Waals surface area contributed by atoms with Crippen LogP contribution in [0, 0.1) is 5.92 Å². The van der Waals surface area contributed by atoms with Crippen LogP contribution in [0.5, 0.6) is 0 Å². The zero-order valence-corrected chi connectivity index (χ0v) is 7.46. The molecule has 3 heteroatoms. The molecule has 11 heavy (non-hydrogen) atoms. The van der Waals surface area contributed by atoms with Crippen LogP contribution >= 0.6 is 0 Å². The Labute approximate surface area is 68.1 Å². The van der Waals surface area contributed by atoms with E-state index in [1.165, 1.54) is 6.42 Å². The number of nitrogens with two attached hydrogens (primary N) is 1. The van der Waals surface area contributed by atoms with Gasteiger partial charge in [-0.15, -0.1) is 0 Å². The molecule has 1 fully saturated rings. The van der Waals surface area contributed by atoms with Gasteiger partial charge in [-0.3, -0.25) is 0 Å². The predicted octanol–water partition coefficient (Wildman–Crippen LogP) is 0.707. The summed E-state index contributed by atoms with van der Waals surface area (Å²) < 4.78 is 0. The summed E-state index contributed by atoms with van der Waals surface area (Å²) in [5.74, 6) is 1.33. The number of nitrogens with one attached hydrogen (secondary N) is 1. The van der Waals surface area contributed by atoms with E-state index in [-0.39, 0.29) is 0 Å². The molecule has 0 aromatic carbocycles. The number of hydrogen-bond acceptors (Lipinski definition) is 1. The lowest BCUT2D eigenvalue weighted by atomic mass is 10.4. The topological polar surface area (TPSA) is 50.4 Å². The third-order valence-electron chi connectivity index (χ3n) is 1.81. The van der Waals surface area contributed by atoms with Crippen molar-refractivity contribution >= 4 is 5.96 Å². The van der Waals surface area contributed by atoms with E-state index in [0.29, 0.717) is 18.0 Å². The van der Waals surface area contributed by atoms with E-state index in [2.05, 4.69) is 31.1 Å². The normalized spacial score (nSPS) is 30.7. The van der Waals surface area contributed by atoms with Crippen LogP contribution in [0.2, 0.25) is 0 Å². The summed E-state index contributed by atoms with van der Waals surface area (Å²) >= 11 is 0. The first kappa shape index (κ1) is 8.37. The van der Waals surface area contributed by atoms with Crippen molar-refractivity contribution in [3.05, 3.63) is 0 Å². The third-order valence-corrected chi connectivity index (χ3v) is 1.81. The van der Waals surface area contributed by atoms with Gasteiger partial charge in [0.1, 0.15) is 0 Å². The van der Waals surface area contributed by atoms with Gasteiger partial charge in [0.25, 0.3) is 0 Å². The highest BCUT2D eigenvalue weighted by atomic mass is 15.1. The van der Waals surface area contributed by atoms with Crippen LogP contribution < -0.4 is 11.1 Å². The average molecular weight is 155 g/mol. The first-order chi connectivity index (χ1) is 5.09. The van der Waals surface area contributed by atoms with Gasteiger partial charge in [0, 0.05) is 6.04 Å². The minimum Gasteiger partial charge on any atom is -0.370 e. The van der Waals surface area contributed by atoms with Crippen LogP contribution in [0.4, 0.5) is 0 Å². The SMILES string of the molecule is CC(C)NC(N)=NC1CC1C. The maximum absolute atomic E-state index is 5.62. The molecule has 3 nitrogen and oxygen atoms in total. The van der Waals surface area contributed by atoms with Gasteiger partial charge in [-0.25, -0.2) is 4.99 Å². The van der Waals surface area contributed by atoms with Crippen molar-refractivity contribution in [1.82, 2.24) is 5.32 Å². The first-order valence-electron chi connectivity index (χ1n) is 4.19. The van der Waals surface area contributed by atoms with Gasteiger partial charge in [-0.1, -0.05) is 6.92 Å². The van der Waals surface area contributed by atoms with E-state index in [1.807, 2.05) is 0 Å². The lowest BCUT2D eigenvalue weighted by Gasteiger charge is -2.07. The van der Waals surface area contributed by atoms with E-state index < -0.39 is 0 Å². The zero-order chi connectivity index (χ0) is 8.43. The molecule has 1 rings (SSSR count). The molecule has 1 saturated carbocycles. The van der Waals surface area contributed by atoms with E-state index >= 15 is 0 Å². The van der Waals surface area contributed by atoms with E-state index in [0.717, 1.165) is 5.92 Å². The van der Waals surface area contributed by atoms with E-state index in [1.54, 1.807) is 0 Å². The zero-order valence-electron chi connectivity index (χ0n) is 7.46. The first-order valence-corrected chi connectivity index (χ1v) is 4.19. The lowest BCUT2D eigenvalue weighted by molar-refractivity contribution is 0.721. The van der Waals surface area contributed by atoms with Crippen LogP contribution in [0.3, 0.4) is 0 Å². The minimum absolute atomic E-state index is 0.382. The Hall–Kier alpha value is -0.730. The minimum atomic E-state index is 0.382. The van der Waals surface area contributed by atoms with Crippen LogP contribution in [0.15, 0.2) is 4.99 Å². The summed E-state index contributed by atoms with van der Waals surface area (Å²) in [6.07, 6.45) is 1.19. The Morgan fingerprint density at radius 2 is 2.18 bits per heavy atom. The van der Waals surface area contributed by atoms with Crippen LogP contribution in [-0.2, 0) is 0 Å². The van der Waals surface area contributed by atoms with Crippen LogP contribution in [0.1, 0.15) is 27.2 Å². The summed E-state index contributed by atoms with van der Waals surface area (Å²) in [5.41, 5.74) is 5.62. The van der Waals surface area contributed by atoms with Gasteiger partial charge in [-0.2, -0.15) is 0 Å².